The number of aliphatic hydroxyl groups is 1. The molecule has 0 unspecified atom stereocenters. The van der Waals surface area contributed by atoms with E-state index in [0.29, 0.717) is 13.2 Å². The van der Waals surface area contributed by atoms with Crippen LogP contribution >= 0.6 is 15.9 Å². The number of aliphatic hydroxyl groups excluding tert-OH is 1. The van der Waals surface area contributed by atoms with Gasteiger partial charge in [0.1, 0.15) is 13.2 Å². The Hall–Kier alpha value is -0.740. The first-order valence-corrected chi connectivity index (χ1v) is 6.60. The van der Waals surface area contributed by atoms with Crippen LogP contribution in [0.1, 0.15) is 37.5 Å². The van der Waals surface area contributed by atoms with Crippen molar-refractivity contribution >= 4 is 15.9 Å². The molecular weight excluding hydrogens is 284 g/mol. The molecule has 0 saturated heterocycles. The predicted molar refractivity (Wildman–Crippen MR) is 67.7 cm³/mol. The number of hydrogen-bond acceptors (Lipinski definition) is 3. The van der Waals surface area contributed by atoms with Gasteiger partial charge in [-0.2, -0.15) is 0 Å². The fraction of sp³-hybridized carbons (Fsp3) is 0.538. The SMILES string of the molecule is CC1(C)C[C@H](O)c2c3c(cc(Br)c21)OCCO3. The fourth-order valence-corrected chi connectivity index (χ4v) is 3.83. The highest BCUT2D eigenvalue weighted by Gasteiger charge is 2.41. The molecule has 3 nitrogen and oxygen atoms in total. The van der Waals surface area contributed by atoms with Crippen LogP contribution in [0.25, 0.3) is 0 Å². The molecule has 1 aromatic rings. The van der Waals surface area contributed by atoms with Crippen LogP contribution in [0.15, 0.2) is 10.5 Å². The van der Waals surface area contributed by atoms with Gasteiger partial charge >= 0.3 is 0 Å². The quantitative estimate of drug-likeness (QED) is 0.800. The maximum atomic E-state index is 10.2. The van der Waals surface area contributed by atoms with Crippen molar-refractivity contribution in [1.29, 1.82) is 0 Å². The lowest BCUT2D eigenvalue weighted by molar-refractivity contribution is 0.142. The zero-order valence-electron chi connectivity index (χ0n) is 9.92. The van der Waals surface area contributed by atoms with E-state index in [1.54, 1.807) is 0 Å². The van der Waals surface area contributed by atoms with Crippen molar-refractivity contribution in [1.82, 2.24) is 0 Å². The van der Waals surface area contributed by atoms with Crippen LogP contribution in [-0.2, 0) is 5.41 Å². The van der Waals surface area contributed by atoms with Gasteiger partial charge in [0.05, 0.1) is 6.10 Å². The van der Waals surface area contributed by atoms with E-state index in [4.69, 9.17) is 9.47 Å². The molecule has 0 bridgehead atoms. The Kier molecular flexibility index (Phi) is 2.42. The summed E-state index contributed by atoms with van der Waals surface area (Å²) in [5, 5.41) is 10.2. The van der Waals surface area contributed by atoms with Crippen molar-refractivity contribution in [3.05, 3.63) is 21.7 Å². The molecule has 1 heterocycles. The molecule has 0 amide bonds. The lowest BCUT2D eigenvalue weighted by atomic mass is 9.86. The maximum Gasteiger partial charge on any atom is 0.167 e. The molecule has 0 saturated carbocycles. The molecule has 0 aromatic heterocycles. The third-order valence-electron chi connectivity index (χ3n) is 3.54. The Morgan fingerprint density at radius 2 is 2.06 bits per heavy atom. The summed E-state index contributed by atoms with van der Waals surface area (Å²) >= 11 is 3.58. The minimum atomic E-state index is -0.465. The molecule has 0 fully saturated rings. The first-order valence-electron chi connectivity index (χ1n) is 5.81. The van der Waals surface area contributed by atoms with Crippen LogP contribution in [0.2, 0.25) is 0 Å². The number of ether oxygens (including phenoxy) is 2. The van der Waals surface area contributed by atoms with Gasteiger partial charge in [0.25, 0.3) is 0 Å². The van der Waals surface area contributed by atoms with Gasteiger partial charge in [-0.3, -0.25) is 0 Å². The molecule has 1 aromatic carbocycles. The molecule has 0 radical (unpaired) electrons. The molecule has 4 heteroatoms. The summed E-state index contributed by atoms with van der Waals surface area (Å²) in [6.07, 6.45) is 0.258. The Balaban J connectivity index is 2.28. The second kappa shape index (κ2) is 3.62. The van der Waals surface area contributed by atoms with Crippen molar-refractivity contribution in [2.45, 2.75) is 31.8 Å². The molecule has 1 aliphatic carbocycles. The Morgan fingerprint density at radius 3 is 2.82 bits per heavy atom. The molecule has 1 aliphatic heterocycles. The number of halogens is 1. The van der Waals surface area contributed by atoms with Crippen molar-refractivity contribution in [3.63, 3.8) is 0 Å². The van der Waals surface area contributed by atoms with Crippen LogP contribution in [0, 0.1) is 0 Å². The van der Waals surface area contributed by atoms with Gasteiger partial charge in [-0.05, 0) is 23.5 Å². The first kappa shape index (κ1) is 11.4. The van der Waals surface area contributed by atoms with Gasteiger partial charge in [-0.1, -0.05) is 29.8 Å². The molecule has 3 rings (SSSR count). The van der Waals surface area contributed by atoms with E-state index in [1.807, 2.05) is 6.07 Å². The molecular formula is C13H15BrO3. The smallest absolute Gasteiger partial charge is 0.167 e. The van der Waals surface area contributed by atoms with Crippen LogP contribution in [0.3, 0.4) is 0 Å². The summed E-state index contributed by atoms with van der Waals surface area (Å²) in [6.45, 7) is 5.40. The van der Waals surface area contributed by atoms with E-state index < -0.39 is 6.10 Å². The van der Waals surface area contributed by atoms with Crippen molar-refractivity contribution in [3.8, 4) is 11.5 Å². The minimum Gasteiger partial charge on any atom is -0.486 e. The van der Waals surface area contributed by atoms with Crippen LogP contribution < -0.4 is 9.47 Å². The molecule has 2 aliphatic rings. The molecule has 17 heavy (non-hydrogen) atoms. The third kappa shape index (κ3) is 1.58. The summed E-state index contributed by atoms with van der Waals surface area (Å²) < 4.78 is 12.3. The highest BCUT2D eigenvalue weighted by molar-refractivity contribution is 9.10. The highest BCUT2D eigenvalue weighted by atomic mass is 79.9. The average Bonchev–Trinajstić information content (AvgIpc) is 2.50. The number of rotatable bonds is 0. The van der Waals surface area contributed by atoms with Crippen LogP contribution in [0.5, 0.6) is 11.5 Å². The van der Waals surface area contributed by atoms with Gasteiger partial charge in [-0.15, -0.1) is 0 Å². The van der Waals surface area contributed by atoms with Gasteiger partial charge in [0, 0.05) is 10.0 Å². The normalized spacial score (nSPS) is 24.6. The zero-order chi connectivity index (χ0) is 12.2. The standard InChI is InChI=1S/C13H15BrO3/c1-13(2)6-8(15)10-11(13)7(14)5-9-12(10)17-4-3-16-9/h5,8,15H,3-4,6H2,1-2H3/t8-/m0/s1. The summed E-state index contributed by atoms with van der Waals surface area (Å²) in [6, 6.07) is 1.95. The predicted octanol–water partition coefficient (Wildman–Crippen LogP) is 2.94. The number of hydrogen-bond donors (Lipinski definition) is 1. The minimum absolute atomic E-state index is 0.0383. The maximum absolute atomic E-state index is 10.2. The monoisotopic (exact) mass is 298 g/mol. The molecule has 92 valence electrons. The lowest BCUT2D eigenvalue weighted by Gasteiger charge is -2.25. The van der Waals surface area contributed by atoms with Crippen molar-refractivity contribution in [2.75, 3.05) is 13.2 Å². The van der Waals surface area contributed by atoms with E-state index in [2.05, 4.69) is 29.8 Å². The molecule has 1 atom stereocenters. The van der Waals surface area contributed by atoms with Crippen molar-refractivity contribution < 1.29 is 14.6 Å². The third-order valence-corrected chi connectivity index (χ3v) is 4.16. The Bertz CT molecular complexity index is 482. The fourth-order valence-electron chi connectivity index (χ4n) is 2.87. The molecule has 0 spiro atoms. The van der Waals surface area contributed by atoms with Gasteiger partial charge in [0.2, 0.25) is 0 Å². The summed E-state index contributed by atoms with van der Waals surface area (Å²) in [7, 11) is 0. The summed E-state index contributed by atoms with van der Waals surface area (Å²) in [5.41, 5.74) is 2.01. The lowest BCUT2D eigenvalue weighted by Crippen LogP contribution is -2.18. The van der Waals surface area contributed by atoms with E-state index in [0.717, 1.165) is 33.5 Å². The Morgan fingerprint density at radius 1 is 1.35 bits per heavy atom. The number of fused-ring (bicyclic) bond motifs is 3. The van der Waals surface area contributed by atoms with E-state index in [-0.39, 0.29) is 5.41 Å². The topological polar surface area (TPSA) is 38.7 Å². The van der Waals surface area contributed by atoms with Crippen LogP contribution in [0.4, 0.5) is 0 Å². The largest absolute Gasteiger partial charge is 0.486 e. The average molecular weight is 299 g/mol. The zero-order valence-corrected chi connectivity index (χ0v) is 11.5. The molecule has 1 N–H and O–H groups in total. The van der Waals surface area contributed by atoms with Crippen LogP contribution in [-0.4, -0.2) is 18.3 Å². The highest BCUT2D eigenvalue weighted by Crippen LogP contribution is 2.54. The summed E-state index contributed by atoms with van der Waals surface area (Å²) in [5.74, 6) is 1.46. The number of benzene rings is 1. The van der Waals surface area contributed by atoms with Gasteiger partial charge in [-0.25, -0.2) is 0 Å². The second-order valence-corrected chi connectivity index (χ2v) is 6.13. The summed E-state index contributed by atoms with van der Waals surface area (Å²) in [4.78, 5) is 0. The second-order valence-electron chi connectivity index (χ2n) is 5.28. The van der Waals surface area contributed by atoms with E-state index in [9.17, 15) is 5.11 Å². The van der Waals surface area contributed by atoms with Gasteiger partial charge in [0.15, 0.2) is 11.5 Å². The van der Waals surface area contributed by atoms with E-state index in [1.165, 1.54) is 0 Å². The Labute approximate surface area is 109 Å². The van der Waals surface area contributed by atoms with E-state index >= 15 is 0 Å². The van der Waals surface area contributed by atoms with Crippen molar-refractivity contribution in [2.24, 2.45) is 0 Å². The van der Waals surface area contributed by atoms with Gasteiger partial charge < -0.3 is 14.6 Å². The first-order chi connectivity index (χ1) is 8.00.